The van der Waals surface area contributed by atoms with E-state index >= 15 is 0 Å². The first-order valence-corrected chi connectivity index (χ1v) is 7.68. The number of Topliss-reactive ketones (excluding diaryl/α,β-unsaturated/α-hetero) is 1. The SMILES string of the molecule is Cn1cc(CNC(=O)CC2=C(c3ccccc3)CCC2=O)cn1. The molecule has 1 N–H and O–H groups in total. The lowest BCUT2D eigenvalue weighted by Gasteiger charge is -2.07. The van der Waals surface area contributed by atoms with E-state index in [1.807, 2.05) is 43.6 Å². The van der Waals surface area contributed by atoms with E-state index in [9.17, 15) is 9.59 Å². The van der Waals surface area contributed by atoms with Crippen molar-refractivity contribution in [2.75, 3.05) is 0 Å². The molecule has 0 spiro atoms. The number of nitrogens with one attached hydrogen (secondary N) is 1. The Kier molecular flexibility index (Phi) is 4.37. The maximum absolute atomic E-state index is 12.2. The number of carbonyl (C=O) groups excluding carboxylic acids is 2. The predicted octanol–water partition coefficient (Wildman–Crippen LogP) is 2.24. The number of hydrogen-bond donors (Lipinski definition) is 1. The van der Waals surface area contributed by atoms with E-state index in [-0.39, 0.29) is 18.1 Å². The highest BCUT2D eigenvalue weighted by Gasteiger charge is 2.25. The number of nitrogens with zero attached hydrogens (tertiary/aromatic N) is 2. The summed E-state index contributed by atoms with van der Waals surface area (Å²) in [5.41, 5.74) is 3.64. The first-order chi connectivity index (χ1) is 11.1. The minimum absolute atomic E-state index is 0.0837. The molecule has 5 heteroatoms. The molecule has 1 aromatic heterocycles. The largest absolute Gasteiger partial charge is 0.352 e. The second-order valence-electron chi connectivity index (χ2n) is 5.72. The van der Waals surface area contributed by atoms with Crippen LogP contribution in [0.2, 0.25) is 0 Å². The van der Waals surface area contributed by atoms with Gasteiger partial charge in [-0.3, -0.25) is 14.3 Å². The molecule has 0 bridgehead atoms. The number of ketones is 1. The smallest absolute Gasteiger partial charge is 0.224 e. The van der Waals surface area contributed by atoms with Crippen LogP contribution >= 0.6 is 0 Å². The molecule has 23 heavy (non-hydrogen) atoms. The Hall–Kier alpha value is -2.69. The van der Waals surface area contributed by atoms with Crippen LogP contribution in [0.3, 0.4) is 0 Å². The van der Waals surface area contributed by atoms with Gasteiger partial charge in [0.2, 0.25) is 5.91 Å². The maximum Gasteiger partial charge on any atom is 0.224 e. The number of hydrogen-bond acceptors (Lipinski definition) is 3. The van der Waals surface area contributed by atoms with Gasteiger partial charge in [-0.15, -0.1) is 0 Å². The fourth-order valence-electron chi connectivity index (χ4n) is 2.86. The summed E-state index contributed by atoms with van der Waals surface area (Å²) in [4.78, 5) is 24.3. The molecule has 5 nitrogen and oxygen atoms in total. The summed E-state index contributed by atoms with van der Waals surface area (Å²) < 4.78 is 1.69. The molecule has 1 aromatic carbocycles. The quantitative estimate of drug-likeness (QED) is 0.921. The molecule has 1 aliphatic carbocycles. The molecule has 1 aliphatic rings. The van der Waals surface area contributed by atoms with Crippen LogP contribution < -0.4 is 5.32 Å². The van der Waals surface area contributed by atoms with Crippen molar-refractivity contribution in [1.29, 1.82) is 0 Å². The zero-order chi connectivity index (χ0) is 16.2. The second-order valence-corrected chi connectivity index (χ2v) is 5.72. The number of rotatable bonds is 5. The van der Waals surface area contributed by atoms with Gasteiger partial charge in [-0.05, 0) is 17.6 Å². The van der Waals surface area contributed by atoms with Crippen molar-refractivity contribution in [3.63, 3.8) is 0 Å². The van der Waals surface area contributed by atoms with E-state index in [4.69, 9.17) is 0 Å². The van der Waals surface area contributed by atoms with Crippen molar-refractivity contribution in [3.05, 3.63) is 59.4 Å². The van der Waals surface area contributed by atoms with Gasteiger partial charge in [-0.2, -0.15) is 5.10 Å². The van der Waals surface area contributed by atoms with Crippen LogP contribution in [-0.2, 0) is 23.2 Å². The molecule has 1 heterocycles. The van der Waals surface area contributed by atoms with Crippen LogP contribution in [0.4, 0.5) is 0 Å². The molecule has 118 valence electrons. The number of aromatic nitrogens is 2. The Labute approximate surface area is 135 Å². The van der Waals surface area contributed by atoms with E-state index in [1.165, 1.54) is 0 Å². The van der Waals surface area contributed by atoms with Crippen LogP contribution in [0.15, 0.2) is 48.3 Å². The highest BCUT2D eigenvalue weighted by Crippen LogP contribution is 2.33. The summed E-state index contributed by atoms with van der Waals surface area (Å²) in [6, 6.07) is 9.82. The monoisotopic (exact) mass is 309 g/mol. The summed E-state index contributed by atoms with van der Waals surface area (Å²) in [7, 11) is 1.83. The third-order valence-electron chi connectivity index (χ3n) is 4.01. The number of aryl methyl sites for hydroxylation is 1. The van der Waals surface area contributed by atoms with Crippen LogP contribution in [0.25, 0.3) is 5.57 Å². The molecule has 1 amide bonds. The van der Waals surface area contributed by atoms with Crippen molar-refractivity contribution in [3.8, 4) is 0 Å². The summed E-state index contributed by atoms with van der Waals surface area (Å²) in [5, 5.41) is 6.92. The van der Waals surface area contributed by atoms with E-state index in [0.29, 0.717) is 25.0 Å². The molecule has 0 aliphatic heterocycles. The van der Waals surface area contributed by atoms with Gasteiger partial charge in [0.25, 0.3) is 0 Å². The fourth-order valence-corrected chi connectivity index (χ4v) is 2.86. The Morgan fingerprint density at radius 1 is 1.26 bits per heavy atom. The van der Waals surface area contributed by atoms with Crippen LogP contribution in [0, 0.1) is 0 Å². The summed E-state index contributed by atoms with van der Waals surface area (Å²) in [6.07, 6.45) is 4.93. The third kappa shape index (κ3) is 3.56. The number of allylic oxidation sites excluding steroid dienone is 1. The zero-order valence-corrected chi connectivity index (χ0v) is 13.1. The van der Waals surface area contributed by atoms with Crippen LogP contribution in [0.5, 0.6) is 0 Å². The first-order valence-electron chi connectivity index (χ1n) is 7.68. The van der Waals surface area contributed by atoms with Gasteiger partial charge in [-0.1, -0.05) is 30.3 Å². The molecule has 0 fully saturated rings. The van der Waals surface area contributed by atoms with Gasteiger partial charge >= 0.3 is 0 Å². The average molecular weight is 309 g/mol. The minimum atomic E-state index is -0.132. The molecule has 2 aromatic rings. The van der Waals surface area contributed by atoms with Gasteiger partial charge in [-0.25, -0.2) is 0 Å². The lowest BCUT2D eigenvalue weighted by molar-refractivity contribution is -0.122. The summed E-state index contributed by atoms with van der Waals surface area (Å²) in [5.74, 6) is -0.0482. The Balaban J connectivity index is 1.69. The predicted molar refractivity (Wildman–Crippen MR) is 87.3 cm³/mol. The molecular weight excluding hydrogens is 290 g/mol. The van der Waals surface area contributed by atoms with Crippen molar-refractivity contribution < 1.29 is 9.59 Å². The van der Waals surface area contributed by atoms with Gasteiger partial charge in [0.15, 0.2) is 5.78 Å². The summed E-state index contributed by atoms with van der Waals surface area (Å²) in [6.45, 7) is 0.425. The lowest BCUT2D eigenvalue weighted by Crippen LogP contribution is -2.23. The molecule has 0 atom stereocenters. The topological polar surface area (TPSA) is 64.0 Å². The Bertz CT molecular complexity index is 760. The van der Waals surface area contributed by atoms with Gasteiger partial charge in [0, 0.05) is 37.3 Å². The van der Waals surface area contributed by atoms with Crippen molar-refractivity contribution in [2.45, 2.75) is 25.8 Å². The van der Waals surface area contributed by atoms with E-state index < -0.39 is 0 Å². The molecule has 3 rings (SSSR count). The first kappa shape index (κ1) is 15.2. The molecule has 0 radical (unpaired) electrons. The number of benzene rings is 1. The van der Waals surface area contributed by atoms with Crippen LogP contribution in [-0.4, -0.2) is 21.5 Å². The van der Waals surface area contributed by atoms with Crippen molar-refractivity contribution >= 4 is 17.3 Å². The van der Waals surface area contributed by atoms with Gasteiger partial charge < -0.3 is 5.32 Å². The Morgan fingerprint density at radius 2 is 2.04 bits per heavy atom. The van der Waals surface area contributed by atoms with E-state index in [0.717, 1.165) is 16.7 Å². The number of amides is 1. The molecule has 0 saturated carbocycles. The van der Waals surface area contributed by atoms with Crippen molar-refractivity contribution in [2.24, 2.45) is 7.05 Å². The molecule has 0 unspecified atom stereocenters. The van der Waals surface area contributed by atoms with E-state index in [1.54, 1.807) is 10.9 Å². The van der Waals surface area contributed by atoms with Gasteiger partial charge in [0.05, 0.1) is 12.6 Å². The average Bonchev–Trinajstić information content (AvgIpc) is 3.13. The summed E-state index contributed by atoms with van der Waals surface area (Å²) >= 11 is 0. The highest BCUT2D eigenvalue weighted by atomic mass is 16.2. The molecule has 0 saturated heterocycles. The van der Waals surface area contributed by atoms with Crippen molar-refractivity contribution in [1.82, 2.24) is 15.1 Å². The minimum Gasteiger partial charge on any atom is -0.352 e. The fraction of sp³-hybridized carbons (Fsp3) is 0.278. The standard InChI is InChI=1S/C18H19N3O2/c1-21-12-13(11-20-21)10-19-18(23)9-16-15(7-8-17(16)22)14-5-3-2-4-6-14/h2-6,11-12H,7-10H2,1H3,(H,19,23). The van der Waals surface area contributed by atoms with Gasteiger partial charge in [0.1, 0.15) is 0 Å². The normalized spacial score (nSPS) is 14.4. The lowest BCUT2D eigenvalue weighted by atomic mass is 10.00. The van der Waals surface area contributed by atoms with E-state index in [2.05, 4.69) is 10.4 Å². The zero-order valence-electron chi connectivity index (χ0n) is 13.1. The van der Waals surface area contributed by atoms with Crippen LogP contribution in [0.1, 0.15) is 30.4 Å². The second kappa shape index (κ2) is 6.60. The third-order valence-corrected chi connectivity index (χ3v) is 4.01. The maximum atomic E-state index is 12.2. The Morgan fingerprint density at radius 3 is 2.74 bits per heavy atom. The molecular formula is C18H19N3O2. The number of carbonyl (C=O) groups is 2. The highest BCUT2D eigenvalue weighted by molar-refractivity contribution is 6.10.